The molecule has 4 heterocycles. The summed E-state index contributed by atoms with van der Waals surface area (Å²) in [6.07, 6.45) is 3.90. The molecule has 1 aliphatic heterocycles. The average Bonchev–Trinajstić information content (AvgIpc) is 3.06. The number of halogens is 2. The van der Waals surface area contributed by atoms with Crippen LogP contribution in [0.15, 0.2) is 29.3 Å². The highest BCUT2D eigenvalue weighted by Crippen LogP contribution is 2.32. The van der Waals surface area contributed by atoms with E-state index >= 15 is 0 Å². The van der Waals surface area contributed by atoms with E-state index < -0.39 is 11.4 Å². The molecule has 3 aromatic heterocycles. The minimum Gasteiger partial charge on any atom is -0.444 e. The summed E-state index contributed by atoms with van der Waals surface area (Å²) in [4.78, 5) is 26.2. The standard InChI is InChI=1S/C21H24BrFN6O3/c1-21(2,3)32-20(30)28-4-5-31-12(9-28)10-29-11-14(13-6-17(22)25-8-16(13)29)18-15(23)7-26-19(24)27-18/h6-8,11-12H,4-5,9-10H2,1-3H3,(H2,24,26,27). The summed E-state index contributed by atoms with van der Waals surface area (Å²) in [6, 6.07) is 1.80. The number of anilines is 1. The maximum atomic E-state index is 14.5. The van der Waals surface area contributed by atoms with E-state index in [-0.39, 0.29) is 23.8 Å². The van der Waals surface area contributed by atoms with Crippen LogP contribution in [0.2, 0.25) is 0 Å². The Hall–Kier alpha value is -2.79. The minimum atomic E-state index is -0.573. The molecule has 1 aliphatic rings. The number of pyridine rings is 1. The van der Waals surface area contributed by atoms with E-state index in [0.29, 0.717) is 36.4 Å². The van der Waals surface area contributed by atoms with E-state index in [1.165, 1.54) is 0 Å². The van der Waals surface area contributed by atoms with Gasteiger partial charge in [-0.15, -0.1) is 0 Å². The Labute approximate surface area is 192 Å². The SMILES string of the molecule is CC(C)(C)OC(=O)N1CCOC(Cn2cc(-c3nc(N)ncc3F)c3cc(Br)ncc32)C1. The summed E-state index contributed by atoms with van der Waals surface area (Å²) >= 11 is 3.37. The summed E-state index contributed by atoms with van der Waals surface area (Å²) in [5, 5.41) is 0.753. The number of amides is 1. The molecule has 3 aromatic rings. The fraction of sp³-hybridized carbons (Fsp3) is 0.429. The topological polar surface area (TPSA) is 108 Å². The van der Waals surface area contributed by atoms with Crippen molar-refractivity contribution >= 4 is 38.9 Å². The van der Waals surface area contributed by atoms with Gasteiger partial charge in [0.2, 0.25) is 5.95 Å². The van der Waals surface area contributed by atoms with Gasteiger partial charge in [0.1, 0.15) is 15.9 Å². The number of carbonyl (C=O) groups is 1. The quantitative estimate of drug-likeness (QED) is 0.540. The third-order valence-electron chi connectivity index (χ3n) is 4.94. The third-order valence-corrected chi connectivity index (χ3v) is 5.38. The number of nitrogens with two attached hydrogens (primary N) is 1. The lowest BCUT2D eigenvalue weighted by Gasteiger charge is -2.34. The van der Waals surface area contributed by atoms with Crippen LogP contribution in [0.4, 0.5) is 15.1 Å². The lowest BCUT2D eigenvalue weighted by atomic mass is 10.1. The lowest BCUT2D eigenvalue weighted by molar-refractivity contribution is -0.0469. The highest BCUT2D eigenvalue weighted by atomic mass is 79.9. The molecule has 32 heavy (non-hydrogen) atoms. The number of nitrogen functional groups attached to an aromatic ring is 1. The number of ether oxygens (including phenoxy) is 2. The molecule has 4 rings (SSSR count). The van der Waals surface area contributed by atoms with Crippen molar-refractivity contribution in [1.29, 1.82) is 0 Å². The zero-order chi connectivity index (χ0) is 23.0. The molecule has 11 heteroatoms. The van der Waals surface area contributed by atoms with Gasteiger partial charge in [0.25, 0.3) is 0 Å². The van der Waals surface area contributed by atoms with E-state index in [1.54, 1.807) is 23.4 Å². The average molecular weight is 507 g/mol. The Morgan fingerprint density at radius 2 is 2.16 bits per heavy atom. The van der Waals surface area contributed by atoms with Crippen molar-refractivity contribution < 1.29 is 18.7 Å². The maximum Gasteiger partial charge on any atom is 0.410 e. The van der Waals surface area contributed by atoms with Gasteiger partial charge in [-0.3, -0.25) is 0 Å². The summed E-state index contributed by atoms with van der Waals surface area (Å²) in [5.74, 6) is -0.588. The first-order chi connectivity index (χ1) is 15.1. The zero-order valence-corrected chi connectivity index (χ0v) is 19.6. The van der Waals surface area contributed by atoms with Crippen LogP contribution in [0, 0.1) is 5.82 Å². The van der Waals surface area contributed by atoms with E-state index in [1.807, 2.05) is 25.3 Å². The van der Waals surface area contributed by atoms with Crippen molar-refractivity contribution in [3.63, 3.8) is 0 Å². The van der Waals surface area contributed by atoms with Crippen LogP contribution in [-0.2, 0) is 16.0 Å². The number of nitrogens with zero attached hydrogens (tertiary/aromatic N) is 5. The van der Waals surface area contributed by atoms with Crippen LogP contribution in [0.25, 0.3) is 22.2 Å². The second-order valence-electron chi connectivity index (χ2n) is 8.56. The number of rotatable bonds is 3. The molecule has 0 aliphatic carbocycles. The number of morpholine rings is 1. The van der Waals surface area contributed by atoms with Crippen molar-refractivity contribution in [3.8, 4) is 11.3 Å². The highest BCUT2D eigenvalue weighted by Gasteiger charge is 2.29. The summed E-state index contributed by atoms with van der Waals surface area (Å²) in [5.41, 5.74) is 6.58. The van der Waals surface area contributed by atoms with Crippen molar-refractivity contribution in [2.75, 3.05) is 25.4 Å². The van der Waals surface area contributed by atoms with E-state index in [2.05, 4.69) is 30.9 Å². The van der Waals surface area contributed by atoms with Gasteiger partial charge >= 0.3 is 6.09 Å². The zero-order valence-electron chi connectivity index (χ0n) is 18.0. The van der Waals surface area contributed by atoms with E-state index in [9.17, 15) is 9.18 Å². The van der Waals surface area contributed by atoms with Crippen molar-refractivity contribution in [2.45, 2.75) is 39.0 Å². The van der Waals surface area contributed by atoms with Gasteiger partial charge in [-0.1, -0.05) is 0 Å². The predicted octanol–water partition coefficient (Wildman–Crippen LogP) is 3.61. The normalized spacial score (nSPS) is 17.0. The molecule has 1 fully saturated rings. The predicted molar refractivity (Wildman–Crippen MR) is 120 cm³/mol. The number of carbonyl (C=O) groups excluding carboxylic acids is 1. The summed E-state index contributed by atoms with van der Waals surface area (Å²) in [7, 11) is 0. The second-order valence-corrected chi connectivity index (χ2v) is 9.38. The van der Waals surface area contributed by atoms with Crippen LogP contribution in [-0.4, -0.2) is 61.9 Å². The molecule has 2 N–H and O–H groups in total. The van der Waals surface area contributed by atoms with Gasteiger partial charge < -0.3 is 24.7 Å². The fourth-order valence-corrected chi connectivity index (χ4v) is 3.94. The smallest absolute Gasteiger partial charge is 0.410 e. The molecular formula is C21H24BrFN6O3. The maximum absolute atomic E-state index is 14.5. The van der Waals surface area contributed by atoms with Gasteiger partial charge in [-0.2, -0.15) is 0 Å². The van der Waals surface area contributed by atoms with Crippen LogP contribution in [0.5, 0.6) is 0 Å². The molecule has 1 amide bonds. The molecule has 170 valence electrons. The summed E-state index contributed by atoms with van der Waals surface area (Å²) in [6.45, 7) is 7.17. The molecule has 0 spiro atoms. The number of aromatic nitrogens is 4. The van der Waals surface area contributed by atoms with Crippen LogP contribution in [0.3, 0.4) is 0 Å². The van der Waals surface area contributed by atoms with Gasteiger partial charge in [-0.05, 0) is 42.8 Å². The molecule has 1 unspecified atom stereocenters. The van der Waals surface area contributed by atoms with E-state index in [0.717, 1.165) is 17.1 Å². The van der Waals surface area contributed by atoms with Crippen molar-refractivity contribution in [1.82, 2.24) is 24.4 Å². The minimum absolute atomic E-state index is 0.0148. The highest BCUT2D eigenvalue weighted by molar-refractivity contribution is 9.10. The Bertz CT molecular complexity index is 1160. The molecule has 9 nitrogen and oxygen atoms in total. The van der Waals surface area contributed by atoms with E-state index in [4.69, 9.17) is 15.2 Å². The Balaban J connectivity index is 1.64. The van der Waals surface area contributed by atoms with Crippen LogP contribution < -0.4 is 5.73 Å². The number of hydrogen-bond donors (Lipinski definition) is 1. The Morgan fingerprint density at radius 1 is 1.38 bits per heavy atom. The van der Waals surface area contributed by atoms with Crippen LogP contribution in [0.1, 0.15) is 20.8 Å². The van der Waals surface area contributed by atoms with Gasteiger partial charge in [0.15, 0.2) is 5.82 Å². The van der Waals surface area contributed by atoms with Crippen molar-refractivity contribution in [2.24, 2.45) is 0 Å². The Morgan fingerprint density at radius 3 is 2.91 bits per heavy atom. The first kappa shape index (κ1) is 22.4. The first-order valence-corrected chi connectivity index (χ1v) is 10.9. The monoisotopic (exact) mass is 506 g/mol. The molecule has 0 saturated carbocycles. The molecule has 0 aromatic carbocycles. The summed E-state index contributed by atoms with van der Waals surface area (Å²) < 4.78 is 28.4. The molecule has 1 atom stereocenters. The van der Waals surface area contributed by atoms with Crippen molar-refractivity contribution in [3.05, 3.63) is 35.1 Å². The molecular weight excluding hydrogens is 483 g/mol. The second kappa shape index (κ2) is 8.62. The molecule has 1 saturated heterocycles. The largest absolute Gasteiger partial charge is 0.444 e. The van der Waals surface area contributed by atoms with Gasteiger partial charge in [0, 0.05) is 23.7 Å². The number of hydrogen-bond acceptors (Lipinski definition) is 7. The van der Waals surface area contributed by atoms with Gasteiger partial charge in [-0.25, -0.2) is 24.1 Å². The molecule has 0 radical (unpaired) electrons. The van der Waals surface area contributed by atoms with Crippen LogP contribution >= 0.6 is 15.9 Å². The third kappa shape index (κ3) is 4.83. The Kier molecular flexibility index (Phi) is 6.04. The number of fused-ring (bicyclic) bond motifs is 1. The first-order valence-electron chi connectivity index (χ1n) is 10.1. The lowest BCUT2D eigenvalue weighted by Crippen LogP contribution is -2.48. The molecule has 0 bridgehead atoms. The fourth-order valence-electron chi connectivity index (χ4n) is 3.61. The van der Waals surface area contributed by atoms with Gasteiger partial charge in [0.05, 0.1) is 43.7 Å².